The Bertz CT molecular complexity index is 1130. The largest absolute Gasteiger partial charge is 0.492 e. The second kappa shape index (κ2) is 8.93. The Labute approximate surface area is 197 Å². The molecule has 1 heterocycles. The number of benzene rings is 2. The molecule has 0 spiro atoms. The van der Waals surface area contributed by atoms with Crippen LogP contribution >= 0.6 is 0 Å². The lowest BCUT2D eigenvalue weighted by Crippen LogP contribution is -2.32. The minimum Gasteiger partial charge on any atom is -0.492 e. The van der Waals surface area contributed by atoms with Crippen LogP contribution in [0.3, 0.4) is 0 Å². The van der Waals surface area contributed by atoms with Crippen molar-refractivity contribution in [3.8, 4) is 5.75 Å². The first-order chi connectivity index (χ1) is 16.5. The van der Waals surface area contributed by atoms with Crippen LogP contribution in [0, 0.1) is 23.7 Å². The average molecular weight is 463 g/mol. The van der Waals surface area contributed by atoms with Crippen molar-refractivity contribution in [2.24, 2.45) is 23.7 Å². The monoisotopic (exact) mass is 462 g/mol. The molecule has 0 aromatic heterocycles. The van der Waals surface area contributed by atoms with Gasteiger partial charge in [-0.3, -0.25) is 19.3 Å². The highest BCUT2D eigenvalue weighted by atomic mass is 16.5. The molecule has 3 aliphatic rings. The van der Waals surface area contributed by atoms with Gasteiger partial charge >= 0.3 is 5.97 Å². The minimum atomic E-state index is -0.713. The maximum Gasteiger partial charge on any atom is 0.338 e. The average Bonchev–Trinajstić information content (AvgIpc) is 3.52. The standard InChI is InChI=1S/C26H26N2O6/c1-2-33-20-9-4-3-8-19(20)27-21(29)14-34-26(32)17-6-5-7-18(13-17)28-24(30)22-15-10-11-16(12-15)23(22)25(28)31/h3-9,13,15-16,22-23H,2,10-12,14H2,1H3,(H,27,29)/t15-,16-,22-,23+/m0/s1. The molecule has 176 valence electrons. The molecule has 2 aliphatic carbocycles. The molecular formula is C26H26N2O6. The first-order valence-electron chi connectivity index (χ1n) is 11.6. The van der Waals surface area contributed by atoms with Gasteiger partial charge in [-0.1, -0.05) is 18.2 Å². The van der Waals surface area contributed by atoms with E-state index in [0.29, 0.717) is 23.7 Å². The predicted octanol–water partition coefficient (Wildman–Crippen LogP) is 3.42. The molecule has 8 heteroatoms. The van der Waals surface area contributed by atoms with Crippen LogP contribution in [0.1, 0.15) is 36.5 Å². The zero-order chi connectivity index (χ0) is 23.8. The van der Waals surface area contributed by atoms with E-state index in [1.165, 1.54) is 17.0 Å². The van der Waals surface area contributed by atoms with E-state index in [1.54, 1.807) is 36.4 Å². The van der Waals surface area contributed by atoms with Gasteiger partial charge in [-0.25, -0.2) is 4.79 Å². The molecule has 1 aliphatic heterocycles. The molecule has 0 radical (unpaired) electrons. The van der Waals surface area contributed by atoms with E-state index in [1.807, 2.05) is 6.92 Å². The van der Waals surface area contributed by atoms with Gasteiger partial charge in [-0.15, -0.1) is 0 Å². The number of hydrogen-bond acceptors (Lipinski definition) is 6. The number of rotatable bonds is 7. The highest BCUT2D eigenvalue weighted by Crippen LogP contribution is 2.56. The Balaban J connectivity index is 1.24. The number of para-hydroxylation sites is 2. The minimum absolute atomic E-state index is 0.167. The Morgan fingerprint density at radius 3 is 2.41 bits per heavy atom. The van der Waals surface area contributed by atoms with Crippen molar-refractivity contribution in [1.29, 1.82) is 0 Å². The first-order valence-corrected chi connectivity index (χ1v) is 11.6. The van der Waals surface area contributed by atoms with Gasteiger partial charge in [0.25, 0.3) is 5.91 Å². The van der Waals surface area contributed by atoms with Crippen molar-refractivity contribution < 1.29 is 28.7 Å². The topological polar surface area (TPSA) is 102 Å². The van der Waals surface area contributed by atoms with E-state index in [9.17, 15) is 19.2 Å². The highest BCUT2D eigenvalue weighted by Gasteiger charge is 2.61. The third kappa shape index (κ3) is 3.83. The predicted molar refractivity (Wildman–Crippen MR) is 123 cm³/mol. The summed E-state index contributed by atoms with van der Waals surface area (Å²) in [4.78, 5) is 52.2. The molecular weight excluding hydrogens is 436 g/mol. The number of nitrogens with zero attached hydrogens (tertiary/aromatic N) is 1. The van der Waals surface area contributed by atoms with Crippen LogP contribution in [0.15, 0.2) is 48.5 Å². The van der Waals surface area contributed by atoms with Crippen molar-refractivity contribution in [3.05, 3.63) is 54.1 Å². The number of hydrogen-bond donors (Lipinski definition) is 1. The zero-order valence-electron chi connectivity index (χ0n) is 18.9. The van der Waals surface area contributed by atoms with E-state index >= 15 is 0 Å². The lowest BCUT2D eigenvalue weighted by molar-refractivity contribution is -0.123. The summed E-state index contributed by atoms with van der Waals surface area (Å²) in [7, 11) is 0. The van der Waals surface area contributed by atoms with Gasteiger partial charge in [-0.2, -0.15) is 0 Å². The fourth-order valence-electron chi connectivity index (χ4n) is 5.69. The van der Waals surface area contributed by atoms with Gasteiger partial charge in [0.05, 0.1) is 35.4 Å². The SMILES string of the molecule is CCOc1ccccc1NC(=O)COC(=O)c1cccc(N2C(=O)[C@@H]3[C@H]4CC[C@@H](C4)[C@@H]3C2=O)c1. The molecule has 2 saturated carbocycles. The summed E-state index contributed by atoms with van der Waals surface area (Å²) in [5.41, 5.74) is 1.02. The van der Waals surface area contributed by atoms with Crippen molar-refractivity contribution >= 4 is 35.1 Å². The van der Waals surface area contributed by atoms with Gasteiger partial charge < -0.3 is 14.8 Å². The normalized spacial score (nSPS) is 24.8. The number of nitrogens with one attached hydrogen (secondary N) is 1. The van der Waals surface area contributed by atoms with Crippen LogP contribution in [0.25, 0.3) is 0 Å². The number of amides is 3. The summed E-state index contributed by atoms with van der Waals surface area (Å²) in [5, 5.41) is 2.67. The Hall–Kier alpha value is -3.68. The fraction of sp³-hybridized carbons (Fsp3) is 0.385. The molecule has 34 heavy (non-hydrogen) atoms. The molecule has 2 aromatic carbocycles. The number of imide groups is 1. The van der Waals surface area contributed by atoms with Gasteiger partial charge in [0, 0.05) is 0 Å². The zero-order valence-corrected chi connectivity index (χ0v) is 18.9. The maximum absolute atomic E-state index is 13.1. The summed E-state index contributed by atoms with van der Waals surface area (Å²) in [5.74, 6) is -0.919. The van der Waals surface area contributed by atoms with Crippen LogP contribution in [-0.4, -0.2) is 36.9 Å². The summed E-state index contributed by atoms with van der Waals surface area (Å²) in [6, 6.07) is 13.2. The molecule has 8 nitrogen and oxygen atoms in total. The number of fused-ring (bicyclic) bond motifs is 5. The fourth-order valence-corrected chi connectivity index (χ4v) is 5.69. The van der Waals surface area contributed by atoms with Gasteiger partial charge in [0.15, 0.2) is 6.61 Å². The Kier molecular flexibility index (Phi) is 5.81. The van der Waals surface area contributed by atoms with Crippen LogP contribution in [0.5, 0.6) is 5.75 Å². The van der Waals surface area contributed by atoms with Gasteiger partial charge in [0.2, 0.25) is 11.8 Å². The van der Waals surface area contributed by atoms with E-state index in [0.717, 1.165) is 19.3 Å². The third-order valence-electron chi connectivity index (χ3n) is 7.06. The van der Waals surface area contributed by atoms with Crippen molar-refractivity contribution in [3.63, 3.8) is 0 Å². The van der Waals surface area contributed by atoms with Crippen LogP contribution < -0.4 is 15.0 Å². The summed E-state index contributed by atoms with van der Waals surface area (Å²) >= 11 is 0. The van der Waals surface area contributed by atoms with E-state index in [4.69, 9.17) is 9.47 Å². The second-order valence-electron chi connectivity index (χ2n) is 9.00. The maximum atomic E-state index is 13.1. The van der Waals surface area contributed by atoms with E-state index in [-0.39, 0.29) is 41.0 Å². The van der Waals surface area contributed by atoms with Gasteiger partial charge in [0.1, 0.15) is 5.75 Å². The van der Waals surface area contributed by atoms with Crippen molar-refractivity contribution in [2.75, 3.05) is 23.4 Å². The van der Waals surface area contributed by atoms with Crippen LogP contribution in [-0.2, 0) is 19.1 Å². The lowest BCUT2D eigenvalue weighted by atomic mass is 9.81. The highest BCUT2D eigenvalue weighted by molar-refractivity contribution is 6.22. The molecule has 1 N–H and O–H groups in total. The van der Waals surface area contributed by atoms with Crippen molar-refractivity contribution in [2.45, 2.75) is 26.2 Å². The van der Waals surface area contributed by atoms with E-state index in [2.05, 4.69) is 5.32 Å². The molecule has 2 bridgehead atoms. The van der Waals surface area contributed by atoms with E-state index < -0.39 is 18.5 Å². The summed E-state index contributed by atoms with van der Waals surface area (Å²) in [6.07, 6.45) is 2.97. The lowest BCUT2D eigenvalue weighted by Gasteiger charge is -2.19. The molecule has 0 unspecified atom stereocenters. The number of anilines is 2. The first kappa shape index (κ1) is 22.1. The smallest absolute Gasteiger partial charge is 0.338 e. The number of ether oxygens (including phenoxy) is 2. The molecule has 2 aromatic rings. The summed E-state index contributed by atoms with van der Waals surface area (Å²) < 4.78 is 10.6. The molecule has 3 amide bonds. The molecule has 4 atom stereocenters. The Morgan fingerprint density at radius 2 is 1.71 bits per heavy atom. The number of carbonyl (C=O) groups is 4. The second-order valence-corrected chi connectivity index (χ2v) is 9.00. The quantitative estimate of drug-likeness (QED) is 0.500. The molecule has 3 fully saturated rings. The van der Waals surface area contributed by atoms with Crippen LogP contribution in [0.2, 0.25) is 0 Å². The number of carbonyl (C=O) groups excluding carboxylic acids is 4. The Morgan fingerprint density at radius 1 is 1.00 bits per heavy atom. The molecule has 5 rings (SSSR count). The summed E-state index contributed by atoms with van der Waals surface area (Å²) in [6.45, 7) is 1.80. The third-order valence-corrected chi connectivity index (χ3v) is 7.06. The molecule has 1 saturated heterocycles. The van der Waals surface area contributed by atoms with Crippen molar-refractivity contribution in [1.82, 2.24) is 0 Å². The van der Waals surface area contributed by atoms with Crippen LogP contribution in [0.4, 0.5) is 11.4 Å². The van der Waals surface area contributed by atoms with Gasteiger partial charge in [-0.05, 0) is 68.4 Å². The number of esters is 1.